The Kier molecular flexibility index (Phi) is 3.90. The number of nitrogens with one attached hydrogen (secondary N) is 1. The Morgan fingerprint density at radius 2 is 1.86 bits per heavy atom. The van der Waals surface area contributed by atoms with Gasteiger partial charge in [0.2, 0.25) is 5.95 Å². The lowest BCUT2D eigenvalue weighted by Gasteiger charge is -2.12. The number of para-hydroxylation sites is 2. The minimum absolute atomic E-state index is 0.497. The normalized spacial score (nSPS) is 11.2. The number of aromatic nitrogens is 4. The molecule has 138 valence electrons. The summed E-state index contributed by atoms with van der Waals surface area (Å²) in [5, 5.41) is 13.2. The Bertz CT molecular complexity index is 1260. The molecule has 0 amide bonds. The van der Waals surface area contributed by atoms with E-state index in [-0.39, 0.29) is 0 Å². The maximum absolute atomic E-state index is 5.53. The second kappa shape index (κ2) is 6.70. The SMILES string of the molecule is COc1ccccc1-c1nnc2c3ccccc3nc(NCc3ccco3)n12. The van der Waals surface area contributed by atoms with E-state index in [1.807, 2.05) is 65.1 Å². The smallest absolute Gasteiger partial charge is 0.211 e. The predicted molar refractivity (Wildman–Crippen MR) is 106 cm³/mol. The molecule has 0 aliphatic rings. The Morgan fingerprint density at radius 1 is 1.00 bits per heavy atom. The van der Waals surface area contributed by atoms with Crippen LogP contribution in [0.1, 0.15) is 5.76 Å². The number of ether oxygens (including phenoxy) is 1. The van der Waals surface area contributed by atoms with Crippen molar-refractivity contribution < 1.29 is 9.15 Å². The molecule has 0 spiro atoms. The van der Waals surface area contributed by atoms with Gasteiger partial charge in [-0.25, -0.2) is 9.38 Å². The molecule has 0 bridgehead atoms. The van der Waals surface area contributed by atoms with Gasteiger partial charge in [0, 0.05) is 5.39 Å². The standard InChI is InChI=1S/C21H17N5O2/c1-27-18-11-5-3-9-16(18)20-25-24-19-15-8-2-4-10-17(15)23-21(26(19)20)22-13-14-7-6-12-28-14/h2-12H,13H2,1H3,(H,22,23). The Hall–Kier alpha value is -3.87. The Balaban J connectivity index is 1.74. The average molecular weight is 371 g/mol. The van der Waals surface area contributed by atoms with Gasteiger partial charge in [-0.2, -0.15) is 0 Å². The molecule has 5 rings (SSSR count). The van der Waals surface area contributed by atoms with Crippen molar-refractivity contribution in [2.24, 2.45) is 0 Å². The van der Waals surface area contributed by atoms with E-state index in [4.69, 9.17) is 14.1 Å². The highest BCUT2D eigenvalue weighted by molar-refractivity contribution is 5.93. The fourth-order valence-corrected chi connectivity index (χ4v) is 3.29. The molecule has 3 heterocycles. The number of anilines is 1. The zero-order valence-electron chi connectivity index (χ0n) is 15.2. The molecule has 5 aromatic rings. The van der Waals surface area contributed by atoms with Crippen LogP contribution in [-0.2, 0) is 6.54 Å². The van der Waals surface area contributed by atoms with E-state index in [1.165, 1.54) is 0 Å². The molecule has 0 aliphatic carbocycles. The van der Waals surface area contributed by atoms with Gasteiger partial charge in [-0.1, -0.05) is 24.3 Å². The van der Waals surface area contributed by atoms with Crippen LogP contribution in [0.25, 0.3) is 27.9 Å². The van der Waals surface area contributed by atoms with Crippen molar-refractivity contribution in [1.29, 1.82) is 0 Å². The number of hydrogen-bond donors (Lipinski definition) is 1. The minimum Gasteiger partial charge on any atom is -0.496 e. The number of hydrogen-bond acceptors (Lipinski definition) is 6. The third-order valence-corrected chi connectivity index (χ3v) is 4.59. The molecule has 0 radical (unpaired) electrons. The summed E-state index contributed by atoms with van der Waals surface area (Å²) in [5.41, 5.74) is 2.42. The first kappa shape index (κ1) is 16.3. The summed E-state index contributed by atoms with van der Waals surface area (Å²) >= 11 is 0. The Labute approximate surface area is 160 Å². The largest absolute Gasteiger partial charge is 0.496 e. The lowest BCUT2D eigenvalue weighted by atomic mass is 10.2. The van der Waals surface area contributed by atoms with Gasteiger partial charge in [-0.3, -0.25) is 0 Å². The molecule has 0 unspecified atom stereocenters. The molecule has 2 aromatic carbocycles. The number of benzene rings is 2. The molecular weight excluding hydrogens is 354 g/mol. The first-order chi connectivity index (χ1) is 13.8. The summed E-state index contributed by atoms with van der Waals surface area (Å²) < 4.78 is 12.9. The molecule has 0 saturated heterocycles. The van der Waals surface area contributed by atoms with E-state index < -0.39 is 0 Å². The second-order valence-electron chi connectivity index (χ2n) is 6.27. The summed E-state index contributed by atoms with van der Waals surface area (Å²) in [6.45, 7) is 0.497. The van der Waals surface area contributed by atoms with Gasteiger partial charge in [0.25, 0.3) is 0 Å². The molecule has 7 heteroatoms. The molecule has 0 fully saturated rings. The first-order valence-corrected chi connectivity index (χ1v) is 8.88. The van der Waals surface area contributed by atoms with Crippen LogP contribution in [0.4, 0.5) is 5.95 Å². The first-order valence-electron chi connectivity index (χ1n) is 8.88. The van der Waals surface area contributed by atoms with Crippen molar-refractivity contribution in [3.8, 4) is 17.1 Å². The zero-order chi connectivity index (χ0) is 18.9. The third-order valence-electron chi connectivity index (χ3n) is 4.59. The predicted octanol–water partition coefficient (Wildman–Crippen LogP) is 4.16. The average Bonchev–Trinajstić information content (AvgIpc) is 3.42. The van der Waals surface area contributed by atoms with Crippen molar-refractivity contribution in [3.63, 3.8) is 0 Å². The number of nitrogens with zero attached hydrogens (tertiary/aromatic N) is 4. The molecule has 3 aromatic heterocycles. The molecule has 0 atom stereocenters. The van der Waals surface area contributed by atoms with Crippen LogP contribution in [0, 0.1) is 0 Å². The van der Waals surface area contributed by atoms with Crippen molar-refractivity contribution in [2.75, 3.05) is 12.4 Å². The van der Waals surface area contributed by atoms with E-state index >= 15 is 0 Å². The van der Waals surface area contributed by atoms with E-state index in [9.17, 15) is 0 Å². The number of rotatable bonds is 5. The number of fused-ring (bicyclic) bond motifs is 3. The fraction of sp³-hybridized carbons (Fsp3) is 0.0952. The summed E-state index contributed by atoms with van der Waals surface area (Å²) in [6.07, 6.45) is 1.65. The van der Waals surface area contributed by atoms with E-state index in [0.717, 1.165) is 33.6 Å². The maximum atomic E-state index is 5.53. The highest BCUT2D eigenvalue weighted by Crippen LogP contribution is 2.32. The maximum Gasteiger partial charge on any atom is 0.211 e. The van der Waals surface area contributed by atoms with Gasteiger partial charge in [-0.05, 0) is 36.4 Å². The summed E-state index contributed by atoms with van der Waals surface area (Å²) in [7, 11) is 1.64. The van der Waals surface area contributed by atoms with Crippen LogP contribution in [0.2, 0.25) is 0 Å². The van der Waals surface area contributed by atoms with Gasteiger partial charge in [0.15, 0.2) is 11.5 Å². The topological polar surface area (TPSA) is 77.5 Å². The summed E-state index contributed by atoms with van der Waals surface area (Å²) in [5.74, 6) is 2.83. The summed E-state index contributed by atoms with van der Waals surface area (Å²) in [6, 6.07) is 19.4. The van der Waals surface area contributed by atoms with Crippen LogP contribution in [0.5, 0.6) is 5.75 Å². The second-order valence-corrected chi connectivity index (χ2v) is 6.27. The highest BCUT2D eigenvalue weighted by atomic mass is 16.5. The number of methoxy groups -OCH3 is 1. The van der Waals surface area contributed by atoms with Gasteiger partial charge >= 0.3 is 0 Å². The van der Waals surface area contributed by atoms with Gasteiger partial charge in [0.05, 0.1) is 31.0 Å². The van der Waals surface area contributed by atoms with Crippen molar-refractivity contribution in [2.45, 2.75) is 6.54 Å². The number of furan rings is 1. The lowest BCUT2D eigenvalue weighted by Crippen LogP contribution is -2.08. The van der Waals surface area contributed by atoms with Crippen LogP contribution in [0.3, 0.4) is 0 Å². The van der Waals surface area contributed by atoms with E-state index in [0.29, 0.717) is 18.3 Å². The highest BCUT2D eigenvalue weighted by Gasteiger charge is 2.18. The molecule has 0 aliphatic heterocycles. The van der Waals surface area contributed by atoms with Crippen molar-refractivity contribution in [3.05, 3.63) is 72.7 Å². The fourth-order valence-electron chi connectivity index (χ4n) is 3.29. The molecular formula is C21H17N5O2. The van der Waals surface area contributed by atoms with Crippen LogP contribution >= 0.6 is 0 Å². The zero-order valence-corrected chi connectivity index (χ0v) is 15.2. The van der Waals surface area contributed by atoms with Crippen LogP contribution in [0.15, 0.2) is 71.3 Å². The van der Waals surface area contributed by atoms with Gasteiger partial charge in [0.1, 0.15) is 11.5 Å². The van der Waals surface area contributed by atoms with Crippen molar-refractivity contribution >= 4 is 22.5 Å². The van der Waals surface area contributed by atoms with E-state index in [1.54, 1.807) is 13.4 Å². The summed E-state index contributed by atoms with van der Waals surface area (Å²) in [4.78, 5) is 4.81. The quantitative estimate of drug-likeness (QED) is 0.500. The Morgan fingerprint density at radius 3 is 2.71 bits per heavy atom. The van der Waals surface area contributed by atoms with Crippen molar-refractivity contribution in [1.82, 2.24) is 19.6 Å². The van der Waals surface area contributed by atoms with Gasteiger partial charge in [-0.15, -0.1) is 10.2 Å². The van der Waals surface area contributed by atoms with E-state index in [2.05, 4.69) is 15.5 Å². The molecule has 0 saturated carbocycles. The molecule has 28 heavy (non-hydrogen) atoms. The molecule has 7 nitrogen and oxygen atoms in total. The monoisotopic (exact) mass is 371 g/mol. The van der Waals surface area contributed by atoms with Gasteiger partial charge < -0.3 is 14.5 Å². The third kappa shape index (κ3) is 2.64. The lowest BCUT2D eigenvalue weighted by molar-refractivity contribution is 0.416. The van der Waals surface area contributed by atoms with Crippen LogP contribution in [-0.4, -0.2) is 26.7 Å². The molecule has 1 N–H and O–H groups in total. The van der Waals surface area contributed by atoms with Crippen LogP contribution < -0.4 is 10.1 Å². The minimum atomic E-state index is 0.497.